The highest BCUT2D eigenvalue weighted by molar-refractivity contribution is 7.99. The fourth-order valence-electron chi connectivity index (χ4n) is 3.33. The molecule has 0 unspecified atom stereocenters. The van der Waals surface area contributed by atoms with Crippen molar-refractivity contribution >= 4 is 35.0 Å². The number of carbonyl (C=O) groups excluding carboxylic acids is 1. The summed E-state index contributed by atoms with van der Waals surface area (Å²) in [6, 6.07) is 26.3. The summed E-state index contributed by atoms with van der Waals surface area (Å²) in [5.74, 6) is 1.15. The minimum Gasteiger partial charge on any atom is -0.325 e. The molecule has 0 radical (unpaired) electrons. The summed E-state index contributed by atoms with van der Waals surface area (Å²) < 4.78 is 1.89. The van der Waals surface area contributed by atoms with Crippen LogP contribution in [0, 0.1) is 0 Å². The third-order valence-corrected chi connectivity index (χ3v) is 6.12. The maximum Gasteiger partial charge on any atom is 0.234 e. The molecule has 0 saturated carbocycles. The first-order chi connectivity index (χ1) is 17.2. The Morgan fingerprint density at radius 2 is 1.60 bits per heavy atom. The number of nitrogens with one attached hydrogen (secondary N) is 1. The molecule has 174 valence electrons. The van der Waals surface area contributed by atoms with Crippen molar-refractivity contribution in [1.29, 1.82) is 0 Å². The van der Waals surface area contributed by atoms with E-state index in [1.54, 1.807) is 24.3 Å². The van der Waals surface area contributed by atoms with Crippen molar-refractivity contribution in [2.24, 2.45) is 0 Å². The minimum atomic E-state index is -0.160. The molecule has 2 heterocycles. The van der Waals surface area contributed by atoms with Crippen molar-refractivity contribution in [2.45, 2.75) is 11.7 Å². The zero-order chi connectivity index (χ0) is 24.0. The van der Waals surface area contributed by atoms with Gasteiger partial charge in [-0.3, -0.25) is 9.36 Å². The number of hydrogen-bond acceptors (Lipinski definition) is 7. The highest BCUT2D eigenvalue weighted by atomic mass is 35.5. The monoisotopic (exact) mass is 502 g/mol. The van der Waals surface area contributed by atoms with Gasteiger partial charge in [0.05, 0.1) is 5.75 Å². The second kappa shape index (κ2) is 10.5. The van der Waals surface area contributed by atoms with Crippen LogP contribution in [0.25, 0.3) is 17.1 Å². The Balaban J connectivity index is 1.34. The van der Waals surface area contributed by atoms with E-state index in [2.05, 4.69) is 30.9 Å². The van der Waals surface area contributed by atoms with Crippen LogP contribution >= 0.6 is 23.4 Å². The van der Waals surface area contributed by atoms with Gasteiger partial charge in [0.25, 0.3) is 0 Å². The Morgan fingerprint density at radius 3 is 2.34 bits per heavy atom. The molecule has 0 aliphatic rings. The number of tetrazole rings is 1. The van der Waals surface area contributed by atoms with Gasteiger partial charge in [-0.25, -0.2) is 0 Å². The van der Waals surface area contributed by atoms with Gasteiger partial charge in [0, 0.05) is 22.0 Å². The van der Waals surface area contributed by atoms with Crippen molar-refractivity contribution < 1.29 is 4.79 Å². The molecule has 9 nitrogen and oxygen atoms in total. The van der Waals surface area contributed by atoms with Gasteiger partial charge in [0.15, 0.2) is 11.0 Å². The number of aromatic nitrogens is 7. The van der Waals surface area contributed by atoms with E-state index in [1.807, 2.05) is 65.2 Å². The molecule has 0 fully saturated rings. The number of halogens is 1. The van der Waals surface area contributed by atoms with Crippen molar-refractivity contribution in [3.63, 3.8) is 0 Å². The van der Waals surface area contributed by atoms with Crippen LogP contribution in [0.15, 0.2) is 90.1 Å². The largest absolute Gasteiger partial charge is 0.325 e. The lowest BCUT2D eigenvalue weighted by Crippen LogP contribution is -2.15. The predicted octanol–water partition coefficient (Wildman–Crippen LogP) is 4.35. The molecule has 0 spiro atoms. The lowest BCUT2D eigenvalue weighted by molar-refractivity contribution is -0.113. The number of nitrogens with zero attached hydrogens (tertiary/aromatic N) is 7. The van der Waals surface area contributed by atoms with Gasteiger partial charge < -0.3 is 5.32 Å². The molecule has 0 atom stereocenters. The van der Waals surface area contributed by atoms with Gasteiger partial charge >= 0.3 is 0 Å². The molecule has 3 aromatic carbocycles. The normalized spacial score (nSPS) is 10.9. The summed E-state index contributed by atoms with van der Waals surface area (Å²) in [6.07, 6.45) is 0. The van der Waals surface area contributed by atoms with Crippen LogP contribution in [0.4, 0.5) is 5.69 Å². The van der Waals surface area contributed by atoms with Crippen LogP contribution in [0.5, 0.6) is 0 Å². The molecule has 5 rings (SSSR count). The van der Waals surface area contributed by atoms with E-state index in [9.17, 15) is 4.79 Å². The Kier molecular flexibility index (Phi) is 6.82. The van der Waals surface area contributed by atoms with E-state index in [1.165, 1.54) is 16.6 Å². The van der Waals surface area contributed by atoms with Gasteiger partial charge in [-0.1, -0.05) is 71.9 Å². The summed E-state index contributed by atoms with van der Waals surface area (Å²) in [5.41, 5.74) is 2.43. The zero-order valence-corrected chi connectivity index (χ0v) is 19.9. The fraction of sp³-hybridized carbons (Fsp3) is 0.0833. The average Bonchev–Trinajstić information content (AvgIpc) is 3.53. The molecule has 1 N–H and O–H groups in total. The summed E-state index contributed by atoms with van der Waals surface area (Å²) in [5, 5.41) is 25.5. The van der Waals surface area contributed by atoms with E-state index < -0.39 is 0 Å². The number of amides is 1. The van der Waals surface area contributed by atoms with E-state index in [0.29, 0.717) is 27.5 Å². The van der Waals surface area contributed by atoms with Crippen molar-refractivity contribution in [1.82, 2.24) is 35.0 Å². The Hall–Kier alpha value is -4.02. The molecule has 2 aromatic heterocycles. The molecular weight excluding hydrogens is 484 g/mol. The van der Waals surface area contributed by atoms with Crippen molar-refractivity contribution in [3.8, 4) is 17.1 Å². The lowest BCUT2D eigenvalue weighted by atomic mass is 10.2. The maximum atomic E-state index is 12.5. The topological polar surface area (TPSA) is 103 Å². The molecule has 5 aromatic rings. The van der Waals surface area contributed by atoms with Crippen LogP contribution in [0.2, 0.25) is 5.02 Å². The highest BCUT2D eigenvalue weighted by Gasteiger charge is 2.18. The zero-order valence-electron chi connectivity index (χ0n) is 18.3. The summed E-state index contributed by atoms with van der Waals surface area (Å²) >= 11 is 7.20. The predicted molar refractivity (Wildman–Crippen MR) is 135 cm³/mol. The van der Waals surface area contributed by atoms with Crippen LogP contribution in [-0.2, 0) is 11.3 Å². The third-order valence-electron chi connectivity index (χ3n) is 4.94. The first-order valence-corrected chi connectivity index (χ1v) is 12.0. The van der Waals surface area contributed by atoms with Gasteiger partial charge in [-0.15, -0.1) is 20.4 Å². The SMILES string of the molecule is O=C(CSc1nnc(Cn2nnc(-c3ccccc3)n2)n1-c1ccccc1)Nc1ccc(Cl)cc1. The van der Waals surface area contributed by atoms with Crippen LogP contribution in [0.1, 0.15) is 5.82 Å². The van der Waals surface area contributed by atoms with Gasteiger partial charge in [0.2, 0.25) is 11.7 Å². The Labute approximate surface area is 210 Å². The molecule has 1 amide bonds. The Morgan fingerprint density at radius 1 is 0.886 bits per heavy atom. The fourth-order valence-corrected chi connectivity index (χ4v) is 4.23. The standard InChI is InChI=1S/C24H19ClN8OS/c25-18-11-13-19(14-12-18)26-22(34)16-35-24-29-27-21(33(24)20-9-5-2-6-10-20)15-32-30-23(28-31-32)17-7-3-1-4-8-17/h1-14H,15-16H2,(H,26,34). The number of anilines is 1. The van der Waals surface area contributed by atoms with Crippen LogP contribution < -0.4 is 5.32 Å². The van der Waals surface area contributed by atoms with Crippen molar-refractivity contribution in [3.05, 3.63) is 95.8 Å². The lowest BCUT2D eigenvalue weighted by Gasteiger charge is -2.10. The molecule has 35 heavy (non-hydrogen) atoms. The second-order valence-electron chi connectivity index (χ2n) is 7.42. The molecular formula is C24H19ClN8OS. The van der Waals surface area contributed by atoms with Gasteiger partial charge in [-0.05, 0) is 41.6 Å². The Bertz CT molecular complexity index is 1420. The second-order valence-corrected chi connectivity index (χ2v) is 8.80. The number of para-hydroxylation sites is 1. The first kappa shape index (κ1) is 22.8. The first-order valence-electron chi connectivity index (χ1n) is 10.7. The van der Waals surface area contributed by atoms with Gasteiger partial charge in [-0.2, -0.15) is 4.80 Å². The summed E-state index contributed by atoms with van der Waals surface area (Å²) in [4.78, 5) is 14.0. The molecule has 0 saturated heterocycles. The number of rotatable bonds is 8. The number of hydrogen-bond donors (Lipinski definition) is 1. The van der Waals surface area contributed by atoms with E-state index in [4.69, 9.17) is 11.6 Å². The number of carbonyl (C=O) groups is 1. The minimum absolute atomic E-state index is 0.160. The van der Waals surface area contributed by atoms with Crippen LogP contribution in [0.3, 0.4) is 0 Å². The molecule has 0 aliphatic heterocycles. The van der Waals surface area contributed by atoms with Gasteiger partial charge in [0.1, 0.15) is 6.54 Å². The molecule has 11 heteroatoms. The van der Waals surface area contributed by atoms with E-state index in [0.717, 1.165) is 11.3 Å². The summed E-state index contributed by atoms with van der Waals surface area (Å²) in [7, 11) is 0. The molecule has 0 aliphatic carbocycles. The summed E-state index contributed by atoms with van der Waals surface area (Å²) in [6.45, 7) is 0.263. The third kappa shape index (κ3) is 5.56. The van der Waals surface area contributed by atoms with Crippen molar-refractivity contribution in [2.75, 3.05) is 11.1 Å². The quantitative estimate of drug-likeness (QED) is 0.314. The number of benzene rings is 3. The van der Waals surface area contributed by atoms with Crippen LogP contribution in [-0.4, -0.2) is 46.6 Å². The van der Waals surface area contributed by atoms with E-state index >= 15 is 0 Å². The highest BCUT2D eigenvalue weighted by Crippen LogP contribution is 2.23. The average molecular weight is 503 g/mol. The van der Waals surface area contributed by atoms with E-state index in [-0.39, 0.29) is 18.2 Å². The molecule has 0 bridgehead atoms. The number of thioether (sulfide) groups is 1. The smallest absolute Gasteiger partial charge is 0.234 e. The maximum absolute atomic E-state index is 12.5.